The van der Waals surface area contributed by atoms with E-state index in [0.29, 0.717) is 28.3 Å². The summed E-state index contributed by atoms with van der Waals surface area (Å²) in [6.07, 6.45) is 3.21. The number of hydrogen-bond acceptors (Lipinski definition) is 8. The van der Waals surface area contributed by atoms with Gasteiger partial charge in [0.2, 0.25) is 11.8 Å². The van der Waals surface area contributed by atoms with Crippen molar-refractivity contribution in [3.05, 3.63) is 124 Å². The number of rotatable bonds is 7. The third kappa shape index (κ3) is 4.61. The molecule has 4 heterocycles. The molecule has 7 rings (SSSR count). The Bertz CT molecular complexity index is 1930. The van der Waals surface area contributed by atoms with Crippen LogP contribution in [0.25, 0.3) is 11.3 Å². The molecule has 0 spiro atoms. The van der Waals surface area contributed by atoms with Gasteiger partial charge in [-0.1, -0.05) is 53.2 Å². The summed E-state index contributed by atoms with van der Waals surface area (Å²) in [6.45, 7) is 2.05. The topological polar surface area (TPSA) is 101 Å². The lowest BCUT2D eigenvalue weighted by atomic mass is 9.84. The van der Waals surface area contributed by atoms with Gasteiger partial charge in [-0.25, -0.2) is 19.2 Å². The third-order valence-electron chi connectivity index (χ3n) is 7.04. The molecular formula is C31H24ClN7O3. The van der Waals surface area contributed by atoms with E-state index in [0.717, 1.165) is 39.4 Å². The fourth-order valence-corrected chi connectivity index (χ4v) is 5.31. The molecule has 0 bridgehead atoms. The van der Waals surface area contributed by atoms with E-state index in [1.165, 1.54) is 0 Å². The van der Waals surface area contributed by atoms with Gasteiger partial charge in [0.1, 0.15) is 12.1 Å². The SMILES string of the molecule is COc1ccc(/C=N/OCc2nc3c4c(ncn3n2)Oc2c(c(C)nn2-c2cccc(Cl)c2)C4c2ccccc2)cc1. The van der Waals surface area contributed by atoms with Crippen molar-refractivity contribution in [2.24, 2.45) is 5.16 Å². The number of fused-ring (bicyclic) bond motifs is 4. The highest BCUT2D eigenvalue weighted by Crippen LogP contribution is 2.49. The van der Waals surface area contributed by atoms with Crippen LogP contribution in [-0.4, -0.2) is 42.7 Å². The minimum absolute atomic E-state index is 0.0803. The lowest BCUT2D eigenvalue weighted by Gasteiger charge is -2.26. The molecule has 1 atom stereocenters. The smallest absolute Gasteiger partial charge is 0.230 e. The minimum atomic E-state index is -0.250. The predicted octanol–water partition coefficient (Wildman–Crippen LogP) is 6.12. The second kappa shape index (κ2) is 10.6. The van der Waals surface area contributed by atoms with Crippen LogP contribution < -0.4 is 9.47 Å². The van der Waals surface area contributed by atoms with Gasteiger partial charge in [0, 0.05) is 5.02 Å². The summed E-state index contributed by atoms with van der Waals surface area (Å²) < 4.78 is 15.1. The molecule has 0 saturated heterocycles. The standard InChI is InChI=1S/C31H24ClN7O3/c1-19-26-27(21-7-4-3-5-8-21)28-29-35-25(17-41-34-16-20-11-13-24(40-2)14-12-20)37-38(29)18-33-30(28)42-31(26)39(36-19)23-10-6-9-22(32)15-23/h3-16,18,27H,17H2,1-2H3/b34-16+. The molecule has 3 aromatic heterocycles. The van der Waals surface area contributed by atoms with E-state index >= 15 is 0 Å². The number of benzene rings is 3. The monoisotopic (exact) mass is 577 g/mol. The first-order valence-electron chi connectivity index (χ1n) is 13.2. The van der Waals surface area contributed by atoms with Gasteiger partial charge in [-0.2, -0.15) is 5.10 Å². The Hall–Kier alpha value is -5.22. The molecule has 1 aliphatic rings. The lowest BCUT2D eigenvalue weighted by Crippen LogP contribution is -2.16. The zero-order chi connectivity index (χ0) is 28.6. The number of oxime groups is 1. The molecule has 11 heteroatoms. The van der Waals surface area contributed by atoms with Crippen molar-refractivity contribution in [3.63, 3.8) is 0 Å². The first-order chi connectivity index (χ1) is 20.6. The number of aromatic nitrogens is 6. The molecule has 3 aromatic carbocycles. The Labute approximate surface area is 245 Å². The number of aryl methyl sites for hydroxylation is 1. The molecule has 208 valence electrons. The van der Waals surface area contributed by atoms with Crippen LogP contribution in [0.3, 0.4) is 0 Å². The first kappa shape index (κ1) is 25.7. The lowest BCUT2D eigenvalue weighted by molar-refractivity contribution is 0.126. The van der Waals surface area contributed by atoms with E-state index in [1.807, 2.05) is 73.7 Å². The average molecular weight is 578 g/mol. The molecule has 42 heavy (non-hydrogen) atoms. The van der Waals surface area contributed by atoms with Gasteiger partial charge in [-0.3, -0.25) is 0 Å². The summed E-state index contributed by atoms with van der Waals surface area (Å²) in [5, 5.41) is 14.1. The summed E-state index contributed by atoms with van der Waals surface area (Å²) in [5.41, 5.74) is 5.88. The number of nitrogens with zero attached hydrogens (tertiary/aromatic N) is 7. The molecule has 0 saturated carbocycles. The number of methoxy groups -OCH3 is 1. The molecule has 1 unspecified atom stereocenters. The Morgan fingerprint density at radius 1 is 1.00 bits per heavy atom. The van der Waals surface area contributed by atoms with E-state index in [1.54, 1.807) is 28.8 Å². The number of halogens is 1. The van der Waals surface area contributed by atoms with Gasteiger partial charge in [0.05, 0.1) is 41.8 Å². The Kier molecular flexibility index (Phi) is 6.52. The Balaban J connectivity index is 1.26. The van der Waals surface area contributed by atoms with Crippen molar-refractivity contribution in [2.45, 2.75) is 19.4 Å². The van der Waals surface area contributed by atoms with E-state index in [-0.39, 0.29) is 12.5 Å². The molecule has 0 fully saturated rings. The fraction of sp³-hybridized carbons (Fsp3) is 0.129. The van der Waals surface area contributed by atoms with Gasteiger partial charge in [0.15, 0.2) is 18.1 Å². The van der Waals surface area contributed by atoms with Crippen molar-refractivity contribution in [2.75, 3.05) is 7.11 Å². The summed E-state index contributed by atoms with van der Waals surface area (Å²) in [4.78, 5) is 15.0. The van der Waals surface area contributed by atoms with Crippen LogP contribution in [0, 0.1) is 6.92 Å². The summed E-state index contributed by atoms with van der Waals surface area (Å²) in [5.74, 6) is 2.00. The Morgan fingerprint density at radius 2 is 1.83 bits per heavy atom. The van der Waals surface area contributed by atoms with Crippen LogP contribution in [0.15, 0.2) is 90.3 Å². The molecule has 6 aromatic rings. The van der Waals surface area contributed by atoms with Crippen molar-refractivity contribution >= 4 is 23.5 Å². The molecule has 0 radical (unpaired) electrons. The van der Waals surface area contributed by atoms with Crippen LogP contribution in [0.2, 0.25) is 5.02 Å². The zero-order valence-electron chi connectivity index (χ0n) is 22.7. The van der Waals surface area contributed by atoms with Gasteiger partial charge < -0.3 is 14.3 Å². The van der Waals surface area contributed by atoms with Gasteiger partial charge >= 0.3 is 0 Å². The summed E-state index contributed by atoms with van der Waals surface area (Å²) in [7, 11) is 1.63. The summed E-state index contributed by atoms with van der Waals surface area (Å²) in [6, 6.07) is 25.2. The Morgan fingerprint density at radius 3 is 2.62 bits per heavy atom. The van der Waals surface area contributed by atoms with Crippen molar-refractivity contribution in [1.82, 2.24) is 29.4 Å². The van der Waals surface area contributed by atoms with Crippen LogP contribution in [0.4, 0.5) is 0 Å². The third-order valence-corrected chi connectivity index (χ3v) is 7.27. The molecule has 0 aliphatic carbocycles. The van der Waals surface area contributed by atoms with Crippen LogP contribution >= 0.6 is 11.6 Å². The highest BCUT2D eigenvalue weighted by Gasteiger charge is 2.38. The molecule has 0 N–H and O–H groups in total. The van der Waals surface area contributed by atoms with Gasteiger partial charge in [0.25, 0.3) is 0 Å². The molecule has 10 nitrogen and oxygen atoms in total. The number of hydrogen-bond donors (Lipinski definition) is 0. The van der Waals surface area contributed by atoms with Crippen molar-refractivity contribution in [1.29, 1.82) is 0 Å². The van der Waals surface area contributed by atoms with Gasteiger partial charge in [-0.05, 0) is 60.5 Å². The normalized spacial score (nSPS) is 14.0. The molecular weight excluding hydrogens is 554 g/mol. The van der Waals surface area contributed by atoms with Crippen molar-refractivity contribution < 1.29 is 14.3 Å². The minimum Gasteiger partial charge on any atom is -0.497 e. The van der Waals surface area contributed by atoms with E-state index in [9.17, 15) is 0 Å². The van der Waals surface area contributed by atoms with E-state index in [4.69, 9.17) is 36.0 Å². The maximum Gasteiger partial charge on any atom is 0.230 e. The maximum absolute atomic E-state index is 6.46. The highest BCUT2D eigenvalue weighted by atomic mass is 35.5. The van der Waals surface area contributed by atoms with Crippen LogP contribution in [-0.2, 0) is 11.4 Å². The quantitative estimate of drug-likeness (QED) is 0.166. The van der Waals surface area contributed by atoms with Crippen LogP contribution in [0.5, 0.6) is 17.5 Å². The first-order valence-corrected chi connectivity index (χ1v) is 13.6. The zero-order valence-corrected chi connectivity index (χ0v) is 23.4. The second-order valence-corrected chi connectivity index (χ2v) is 10.1. The molecule has 1 aliphatic heterocycles. The fourth-order valence-electron chi connectivity index (χ4n) is 5.13. The van der Waals surface area contributed by atoms with Crippen LogP contribution in [0.1, 0.15) is 39.7 Å². The van der Waals surface area contributed by atoms with Gasteiger partial charge in [-0.15, -0.1) is 5.10 Å². The average Bonchev–Trinajstić information content (AvgIpc) is 3.59. The summed E-state index contributed by atoms with van der Waals surface area (Å²) >= 11 is 6.31. The van der Waals surface area contributed by atoms with E-state index in [2.05, 4.69) is 27.4 Å². The predicted molar refractivity (Wildman–Crippen MR) is 157 cm³/mol. The maximum atomic E-state index is 6.46. The number of ether oxygens (including phenoxy) is 2. The second-order valence-electron chi connectivity index (χ2n) is 9.68. The molecule has 0 amide bonds. The largest absolute Gasteiger partial charge is 0.497 e. The van der Waals surface area contributed by atoms with Crippen molar-refractivity contribution in [3.8, 4) is 23.2 Å². The highest BCUT2D eigenvalue weighted by molar-refractivity contribution is 6.30. The van der Waals surface area contributed by atoms with E-state index < -0.39 is 0 Å².